The second kappa shape index (κ2) is 8.18. The zero-order valence-corrected chi connectivity index (χ0v) is 17.3. The molecule has 172 valence electrons. The Labute approximate surface area is 186 Å². The van der Waals surface area contributed by atoms with Gasteiger partial charge in [0.1, 0.15) is 11.8 Å². The molecule has 5 rings (SSSR count). The van der Waals surface area contributed by atoms with Crippen LogP contribution in [0.2, 0.25) is 0 Å². The van der Waals surface area contributed by atoms with Gasteiger partial charge in [0, 0.05) is 0 Å². The van der Waals surface area contributed by atoms with E-state index in [1.807, 2.05) is 41.3 Å². The maximum atomic E-state index is 14.4. The van der Waals surface area contributed by atoms with Crippen LogP contribution >= 0.6 is 0 Å². The number of aliphatic hydroxyl groups is 1. The van der Waals surface area contributed by atoms with Crippen molar-refractivity contribution in [3.8, 4) is 0 Å². The third-order valence-electron chi connectivity index (χ3n) is 6.62. The van der Waals surface area contributed by atoms with Gasteiger partial charge in [-0.05, 0) is 24.0 Å². The van der Waals surface area contributed by atoms with Crippen LogP contribution in [-0.4, -0.2) is 28.9 Å². The van der Waals surface area contributed by atoms with Gasteiger partial charge in [-0.15, -0.1) is 5.43 Å². The molecule has 2 heterocycles. The first kappa shape index (κ1) is 22.0. The Bertz CT molecular complexity index is 1110. The van der Waals surface area contributed by atoms with Gasteiger partial charge >= 0.3 is 0 Å². The maximum Gasteiger partial charge on any atom is 0.230 e. The Morgan fingerprint density at radius 3 is 1.76 bits per heavy atom. The molecule has 33 heavy (non-hydrogen) atoms. The number of halogens is 5. The van der Waals surface area contributed by atoms with Crippen molar-refractivity contribution in [2.75, 3.05) is 6.67 Å². The number of rotatable bonds is 4. The lowest BCUT2D eigenvalue weighted by Gasteiger charge is -2.38. The van der Waals surface area contributed by atoms with Crippen LogP contribution in [0.25, 0.3) is 0 Å². The van der Waals surface area contributed by atoms with E-state index in [4.69, 9.17) is 0 Å². The molecule has 2 aliphatic heterocycles. The van der Waals surface area contributed by atoms with Crippen molar-refractivity contribution in [1.29, 1.82) is 0 Å². The zero-order chi connectivity index (χ0) is 23.3. The van der Waals surface area contributed by atoms with Gasteiger partial charge in [-0.3, -0.25) is 0 Å². The van der Waals surface area contributed by atoms with Crippen molar-refractivity contribution in [2.24, 2.45) is 0 Å². The van der Waals surface area contributed by atoms with Crippen LogP contribution in [0.1, 0.15) is 24.0 Å². The van der Waals surface area contributed by atoms with E-state index in [9.17, 15) is 27.1 Å². The highest BCUT2D eigenvalue weighted by molar-refractivity contribution is 5.39. The van der Waals surface area contributed by atoms with Crippen molar-refractivity contribution in [2.45, 2.75) is 30.7 Å². The fraction of sp³-hybridized carbons (Fsp3) is 0.250. The molecule has 2 saturated heterocycles. The summed E-state index contributed by atoms with van der Waals surface area (Å²) in [6.07, 6.45) is 0.660. The topological polar surface area (TPSA) is 39.9 Å². The van der Waals surface area contributed by atoms with E-state index in [-0.39, 0.29) is 11.7 Å². The fourth-order valence-corrected chi connectivity index (χ4v) is 5.08. The third kappa shape index (κ3) is 3.34. The molecule has 0 radical (unpaired) electrons. The molecule has 0 aromatic heterocycles. The van der Waals surface area contributed by atoms with Gasteiger partial charge in [0.2, 0.25) is 34.8 Å². The Morgan fingerprint density at radius 1 is 0.758 bits per heavy atom. The highest BCUT2D eigenvalue weighted by Gasteiger charge is 2.54. The molecule has 3 N–H and O–H groups in total. The van der Waals surface area contributed by atoms with Crippen LogP contribution in [-0.2, 0) is 5.60 Å². The average molecular weight is 462 g/mol. The van der Waals surface area contributed by atoms with Gasteiger partial charge in [-0.2, -0.15) is 8.78 Å². The predicted octanol–water partition coefficient (Wildman–Crippen LogP) is 3.10. The standard InChI is InChI=1S/C24H20F5N3O/c25-18-19(26)21(28)23(22(29)20(18)27)32-13-31-16(11-12-17(31)30-32)24(33,14-7-3-1-4-8-14)15-9-5-2-6-10-15/h1-10,16-17,30,33H,11-13H2/p+1/t16-,17?/m1/s1. The summed E-state index contributed by atoms with van der Waals surface area (Å²) in [5.74, 6) is -9.88. The molecule has 9 heteroatoms. The van der Waals surface area contributed by atoms with Gasteiger partial charge in [0.15, 0.2) is 6.67 Å². The first-order valence-electron chi connectivity index (χ1n) is 10.6. The quantitative estimate of drug-likeness (QED) is 0.317. The van der Waals surface area contributed by atoms with Crippen molar-refractivity contribution >= 4 is 5.69 Å². The van der Waals surface area contributed by atoms with Crippen LogP contribution in [0, 0.1) is 29.1 Å². The number of nitrogens with zero attached hydrogens (tertiary/aromatic N) is 1. The highest BCUT2D eigenvalue weighted by Crippen LogP contribution is 2.42. The molecule has 4 nitrogen and oxygen atoms in total. The molecule has 3 aromatic rings. The molecule has 2 aliphatic rings. The Balaban J connectivity index is 1.54. The van der Waals surface area contributed by atoms with E-state index in [2.05, 4.69) is 5.43 Å². The SMILES string of the molecule is OC(c1ccccc1)(c1ccccc1)[C@H]1CCC2N[NH+](c3c(F)c(F)c(F)c(F)c3F)CN21. The molecule has 0 spiro atoms. The molecular formula is C24H21F5N3O+. The molecule has 0 saturated carbocycles. The zero-order valence-electron chi connectivity index (χ0n) is 17.3. The Kier molecular flexibility index (Phi) is 5.44. The molecular weight excluding hydrogens is 441 g/mol. The van der Waals surface area contributed by atoms with Crippen LogP contribution in [0.5, 0.6) is 0 Å². The lowest BCUT2D eigenvalue weighted by atomic mass is 9.79. The summed E-state index contributed by atoms with van der Waals surface area (Å²) in [5, 5.41) is 12.0. The second-order valence-corrected chi connectivity index (χ2v) is 8.35. The van der Waals surface area contributed by atoms with Crippen LogP contribution < -0.4 is 10.4 Å². The van der Waals surface area contributed by atoms with Gasteiger partial charge < -0.3 is 5.11 Å². The van der Waals surface area contributed by atoms with E-state index in [0.29, 0.717) is 24.0 Å². The van der Waals surface area contributed by atoms with Gasteiger partial charge in [-0.1, -0.05) is 60.7 Å². The van der Waals surface area contributed by atoms with Crippen molar-refractivity contribution in [1.82, 2.24) is 10.3 Å². The molecule has 2 fully saturated rings. The smallest absolute Gasteiger partial charge is 0.230 e. The minimum Gasteiger partial charge on any atom is -0.379 e. The van der Waals surface area contributed by atoms with E-state index < -0.39 is 52.6 Å². The molecule has 2 unspecified atom stereocenters. The van der Waals surface area contributed by atoms with Crippen LogP contribution in [0.4, 0.5) is 27.6 Å². The second-order valence-electron chi connectivity index (χ2n) is 8.35. The van der Waals surface area contributed by atoms with Crippen molar-refractivity contribution in [3.63, 3.8) is 0 Å². The third-order valence-corrected chi connectivity index (χ3v) is 6.62. The van der Waals surface area contributed by atoms with E-state index in [0.717, 1.165) is 0 Å². The number of hydrogen-bond donors (Lipinski definition) is 3. The number of hydrogen-bond acceptors (Lipinski definition) is 3. The Morgan fingerprint density at radius 2 is 1.24 bits per heavy atom. The first-order chi connectivity index (χ1) is 15.8. The molecule has 0 aliphatic carbocycles. The van der Waals surface area contributed by atoms with Crippen LogP contribution in [0.3, 0.4) is 0 Å². The van der Waals surface area contributed by atoms with Crippen molar-refractivity contribution < 1.29 is 32.1 Å². The fourth-order valence-electron chi connectivity index (χ4n) is 5.08. The monoisotopic (exact) mass is 462 g/mol. The summed E-state index contributed by atoms with van der Waals surface area (Å²) in [6.45, 7) is -0.102. The lowest BCUT2D eigenvalue weighted by Crippen LogP contribution is -3.13. The molecule has 3 atom stereocenters. The van der Waals surface area contributed by atoms with Crippen LogP contribution in [0.15, 0.2) is 60.7 Å². The molecule has 3 aromatic carbocycles. The Hall–Kier alpha value is -2.85. The maximum absolute atomic E-state index is 14.4. The number of fused-ring (bicyclic) bond motifs is 1. The van der Waals surface area contributed by atoms with Crippen molar-refractivity contribution in [3.05, 3.63) is 101 Å². The summed E-state index contributed by atoms with van der Waals surface area (Å²) >= 11 is 0. The summed E-state index contributed by atoms with van der Waals surface area (Å²) in [4.78, 5) is 1.83. The highest BCUT2D eigenvalue weighted by atomic mass is 19.2. The van der Waals surface area contributed by atoms with E-state index in [1.165, 1.54) is 0 Å². The van der Waals surface area contributed by atoms with Gasteiger partial charge in [-0.25, -0.2) is 23.1 Å². The largest absolute Gasteiger partial charge is 0.379 e. The number of benzene rings is 3. The minimum atomic E-state index is -2.19. The first-order valence-corrected chi connectivity index (χ1v) is 10.6. The molecule has 0 bridgehead atoms. The lowest BCUT2D eigenvalue weighted by molar-refractivity contribution is -0.875. The van der Waals surface area contributed by atoms with Gasteiger partial charge in [0.25, 0.3) is 0 Å². The van der Waals surface area contributed by atoms with E-state index >= 15 is 0 Å². The number of quaternary nitrogens is 1. The minimum absolute atomic E-state index is 0.0963. The summed E-state index contributed by atoms with van der Waals surface area (Å²) in [6, 6.07) is 17.6. The summed E-state index contributed by atoms with van der Waals surface area (Å²) in [7, 11) is 0. The van der Waals surface area contributed by atoms with Gasteiger partial charge in [0.05, 0.1) is 6.04 Å². The molecule has 0 amide bonds. The number of nitrogens with one attached hydrogen (secondary N) is 2. The van der Waals surface area contributed by atoms with E-state index in [1.54, 1.807) is 24.3 Å². The summed E-state index contributed by atoms with van der Waals surface area (Å²) < 4.78 is 70.0. The average Bonchev–Trinajstić information content (AvgIpc) is 3.43. The normalized spacial score (nSPS) is 23.2. The predicted molar refractivity (Wildman–Crippen MR) is 109 cm³/mol. The summed E-state index contributed by atoms with van der Waals surface area (Å²) in [5.41, 5.74) is 1.81.